The van der Waals surface area contributed by atoms with Crippen LogP contribution in [0.5, 0.6) is 0 Å². The van der Waals surface area contributed by atoms with Crippen LogP contribution in [-0.4, -0.2) is 28.3 Å². The molecule has 2 N–H and O–H groups in total. The van der Waals surface area contributed by atoms with Gasteiger partial charge in [-0.15, -0.1) is 0 Å². The van der Waals surface area contributed by atoms with E-state index in [1.807, 2.05) is 57.2 Å². The number of hydrogen-bond acceptors (Lipinski definition) is 3. The number of imidazole rings is 1. The van der Waals surface area contributed by atoms with Crippen LogP contribution < -0.4 is 10.2 Å². The molecule has 2 amide bonds. The Bertz CT molecular complexity index is 1070. The van der Waals surface area contributed by atoms with Crippen molar-refractivity contribution in [3.63, 3.8) is 0 Å². The summed E-state index contributed by atoms with van der Waals surface area (Å²) in [6, 6.07) is 11.7. The van der Waals surface area contributed by atoms with Gasteiger partial charge in [0.15, 0.2) is 0 Å². The second-order valence-corrected chi connectivity index (χ2v) is 7.58. The number of hydrogen-bond donors (Lipinski definition) is 2. The van der Waals surface area contributed by atoms with Crippen molar-refractivity contribution < 1.29 is 9.59 Å². The molecule has 1 fully saturated rings. The fourth-order valence-electron chi connectivity index (χ4n) is 3.71. The van der Waals surface area contributed by atoms with Crippen LogP contribution in [0, 0.1) is 26.7 Å². The first-order valence-corrected chi connectivity index (χ1v) is 9.72. The smallest absolute Gasteiger partial charge is 0.229 e. The summed E-state index contributed by atoms with van der Waals surface area (Å²) in [6.45, 7) is 6.38. The van der Waals surface area contributed by atoms with Crippen LogP contribution in [0.25, 0.3) is 11.4 Å². The second kappa shape index (κ2) is 7.54. The van der Waals surface area contributed by atoms with E-state index in [-0.39, 0.29) is 24.2 Å². The van der Waals surface area contributed by atoms with Gasteiger partial charge in [0.25, 0.3) is 0 Å². The second-order valence-electron chi connectivity index (χ2n) is 7.58. The van der Waals surface area contributed by atoms with E-state index in [1.165, 1.54) is 0 Å². The van der Waals surface area contributed by atoms with Gasteiger partial charge in [-0.3, -0.25) is 9.59 Å². The van der Waals surface area contributed by atoms with E-state index in [9.17, 15) is 9.59 Å². The molecule has 0 aliphatic carbocycles. The molecule has 1 aliphatic rings. The van der Waals surface area contributed by atoms with Crippen LogP contribution in [-0.2, 0) is 9.59 Å². The summed E-state index contributed by atoms with van der Waals surface area (Å²) < 4.78 is 0. The minimum atomic E-state index is -0.380. The predicted octanol–water partition coefficient (Wildman–Crippen LogP) is 3.99. The molecule has 29 heavy (non-hydrogen) atoms. The summed E-state index contributed by atoms with van der Waals surface area (Å²) >= 11 is 0. The van der Waals surface area contributed by atoms with E-state index in [0.29, 0.717) is 6.54 Å². The van der Waals surface area contributed by atoms with Gasteiger partial charge < -0.3 is 15.2 Å². The fourth-order valence-corrected chi connectivity index (χ4v) is 3.71. The zero-order chi connectivity index (χ0) is 20.5. The van der Waals surface area contributed by atoms with Crippen molar-refractivity contribution in [1.29, 1.82) is 0 Å². The lowest BCUT2D eigenvalue weighted by atomic mass is 10.1. The van der Waals surface area contributed by atoms with Gasteiger partial charge in [0, 0.05) is 42.3 Å². The molecule has 0 unspecified atom stereocenters. The van der Waals surface area contributed by atoms with E-state index in [4.69, 9.17) is 0 Å². The van der Waals surface area contributed by atoms with Crippen molar-refractivity contribution in [2.24, 2.45) is 5.92 Å². The number of anilines is 2. The zero-order valence-electron chi connectivity index (χ0n) is 16.8. The van der Waals surface area contributed by atoms with Crippen molar-refractivity contribution in [2.45, 2.75) is 27.2 Å². The Morgan fingerprint density at radius 2 is 2.00 bits per heavy atom. The first-order valence-electron chi connectivity index (χ1n) is 9.72. The number of benzene rings is 2. The number of aromatic nitrogens is 2. The molecule has 0 bridgehead atoms. The molecule has 1 aromatic heterocycles. The molecule has 4 rings (SSSR count). The van der Waals surface area contributed by atoms with Crippen molar-refractivity contribution >= 4 is 23.2 Å². The zero-order valence-corrected chi connectivity index (χ0v) is 16.8. The minimum Gasteiger partial charge on any atom is -0.345 e. The Morgan fingerprint density at radius 3 is 2.76 bits per heavy atom. The van der Waals surface area contributed by atoms with Gasteiger partial charge in [-0.1, -0.05) is 24.3 Å². The highest BCUT2D eigenvalue weighted by Crippen LogP contribution is 2.30. The van der Waals surface area contributed by atoms with E-state index < -0.39 is 0 Å². The molecule has 6 heteroatoms. The lowest BCUT2D eigenvalue weighted by molar-refractivity contribution is -0.122. The summed E-state index contributed by atoms with van der Waals surface area (Å²) in [5, 5.41) is 3.01. The number of rotatable bonds is 4. The lowest BCUT2D eigenvalue weighted by Gasteiger charge is -2.20. The molecule has 2 aromatic carbocycles. The third kappa shape index (κ3) is 3.66. The lowest BCUT2D eigenvalue weighted by Crippen LogP contribution is -2.28. The quantitative estimate of drug-likeness (QED) is 0.709. The summed E-state index contributed by atoms with van der Waals surface area (Å²) in [7, 11) is 0. The Balaban J connectivity index is 1.52. The Hall–Kier alpha value is -3.41. The average Bonchev–Trinajstić information content (AvgIpc) is 3.36. The van der Waals surface area contributed by atoms with Gasteiger partial charge in [-0.05, 0) is 49.6 Å². The van der Waals surface area contributed by atoms with Crippen LogP contribution in [0.3, 0.4) is 0 Å². The van der Waals surface area contributed by atoms with Gasteiger partial charge >= 0.3 is 0 Å². The third-order valence-electron chi connectivity index (χ3n) is 5.63. The first-order chi connectivity index (χ1) is 13.9. The summed E-state index contributed by atoms with van der Waals surface area (Å²) in [6.07, 6.45) is 3.68. The number of aryl methyl sites for hydroxylation is 2. The topological polar surface area (TPSA) is 78.1 Å². The number of nitrogens with one attached hydrogen (secondary N) is 2. The Kier molecular flexibility index (Phi) is 4.92. The number of carbonyl (C=O) groups excluding carboxylic acids is 2. The van der Waals surface area contributed by atoms with Crippen molar-refractivity contribution in [1.82, 2.24) is 9.97 Å². The van der Waals surface area contributed by atoms with E-state index >= 15 is 0 Å². The number of H-pyrrole nitrogens is 1. The summed E-state index contributed by atoms with van der Waals surface area (Å²) in [4.78, 5) is 34.6. The molecule has 1 aliphatic heterocycles. The van der Waals surface area contributed by atoms with Crippen LogP contribution in [0.4, 0.5) is 11.4 Å². The van der Waals surface area contributed by atoms with Crippen molar-refractivity contribution in [2.75, 3.05) is 16.8 Å². The Morgan fingerprint density at radius 1 is 1.17 bits per heavy atom. The molecule has 1 atom stereocenters. The molecule has 2 heterocycles. The predicted molar refractivity (Wildman–Crippen MR) is 114 cm³/mol. The van der Waals surface area contributed by atoms with Gasteiger partial charge in [-0.25, -0.2) is 4.98 Å². The maximum absolute atomic E-state index is 12.9. The number of amides is 2. The molecule has 1 saturated heterocycles. The van der Waals surface area contributed by atoms with Gasteiger partial charge in [0.05, 0.1) is 5.92 Å². The van der Waals surface area contributed by atoms with Gasteiger partial charge in [0.2, 0.25) is 11.8 Å². The van der Waals surface area contributed by atoms with Crippen LogP contribution in [0.1, 0.15) is 23.1 Å². The number of carbonyl (C=O) groups is 2. The highest BCUT2D eigenvalue weighted by atomic mass is 16.2. The molecule has 0 radical (unpaired) electrons. The molecular formula is C23H24N4O2. The highest BCUT2D eigenvalue weighted by Gasteiger charge is 2.36. The molecule has 6 nitrogen and oxygen atoms in total. The molecule has 148 valence electrons. The van der Waals surface area contributed by atoms with Crippen molar-refractivity contribution in [3.05, 3.63) is 65.5 Å². The minimum absolute atomic E-state index is 0.0140. The highest BCUT2D eigenvalue weighted by molar-refractivity contribution is 6.04. The molecule has 3 aromatic rings. The summed E-state index contributed by atoms with van der Waals surface area (Å²) in [5.41, 5.74) is 5.69. The summed E-state index contributed by atoms with van der Waals surface area (Å²) in [5.74, 6) is 0.220. The molecular weight excluding hydrogens is 364 g/mol. The van der Waals surface area contributed by atoms with Gasteiger partial charge in [-0.2, -0.15) is 0 Å². The first kappa shape index (κ1) is 18.9. The van der Waals surface area contributed by atoms with Crippen LogP contribution >= 0.6 is 0 Å². The average molecular weight is 388 g/mol. The maximum atomic E-state index is 12.9. The van der Waals surface area contributed by atoms with E-state index in [2.05, 4.69) is 15.3 Å². The van der Waals surface area contributed by atoms with Gasteiger partial charge in [0.1, 0.15) is 5.82 Å². The maximum Gasteiger partial charge on any atom is 0.229 e. The van der Waals surface area contributed by atoms with Crippen LogP contribution in [0.15, 0.2) is 48.8 Å². The normalized spacial score (nSPS) is 16.3. The number of aromatic amines is 1. The third-order valence-corrected chi connectivity index (χ3v) is 5.63. The monoisotopic (exact) mass is 388 g/mol. The Labute approximate surface area is 170 Å². The van der Waals surface area contributed by atoms with Crippen LogP contribution in [0.2, 0.25) is 0 Å². The molecule has 0 spiro atoms. The number of nitrogens with zero attached hydrogens (tertiary/aromatic N) is 2. The molecule has 0 saturated carbocycles. The SMILES string of the molecule is Cc1ccc(-c2ncc[nH]2)cc1NC(=O)[C@@H]1CC(=O)N(c2cccc(C)c2C)C1. The van der Waals surface area contributed by atoms with Crippen molar-refractivity contribution in [3.8, 4) is 11.4 Å². The fraction of sp³-hybridized carbons (Fsp3) is 0.261. The van der Waals surface area contributed by atoms with E-state index in [1.54, 1.807) is 17.3 Å². The largest absolute Gasteiger partial charge is 0.345 e. The standard InChI is InChI=1S/C23H24N4O2/c1-14-5-4-6-20(16(14)3)27-13-18(12-21(27)28)23(29)26-19-11-17(8-7-15(19)2)22-24-9-10-25-22/h4-11,18H,12-13H2,1-3H3,(H,24,25)(H,26,29)/t18-/m1/s1. The van der Waals surface area contributed by atoms with E-state index in [0.717, 1.165) is 39.5 Å².